The van der Waals surface area contributed by atoms with E-state index in [1.165, 1.54) is 0 Å². The Labute approximate surface area is 148 Å². The van der Waals surface area contributed by atoms with Crippen LogP contribution >= 0.6 is 7.60 Å². The second-order valence-corrected chi connectivity index (χ2v) is 9.04. The summed E-state index contributed by atoms with van der Waals surface area (Å²) < 4.78 is 39.6. The Morgan fingerprint density at radius 3 is 1.88 bits per heavy atom. The molecule has 0 amide bonds. The van der Waals surface area contributed by atoms with Gasteiger partial charge >= 0.3 is 7.60 Å². The van der Waals surface area contributed by atoms with Gasteiger partial charge in [0.05, 0.1) is 43.8 Å². The molecule has 146 valence electrons. The first-order valence-corrected chi connectivity index (χ1v) is 10.5. The molecule has 0 aliphatic carbocycles. The summed E-state index contributed by atoms with van der Waals surface area (Å²) in [6.45, 7) is 14.0. The van der Waals surface area contributed by atoms with Crippen LogP contribution in [0.1, 0.15) is 54.4 Å². The average Bonchev–Trinajstić information content (AvgIpc) is 2.47. The predicted molar refractivity (Wildman–Crippen MR) is 96.9 cm³/mol. The summed E-state index contributed by atoms with van der Waals surface area (Å²) in [5.41, 5.74) is -0.445. The molecule has 0 N–H and O–H groups in total. The molecular weight excluding hydrogens is 331 g/mol. The molecule has 0 aromatic heterocycles. The smallest absolute Gasteiger partial charge is 0.332 e. The van der Waals surface area contributed by atoms with Crippen molar-refractivity contribution in [2.24, 2.45) is 0 Å². The molecule has 6 nitrogen and oxygen atoms in total. The third-order valence-corrected chi connectivity index (χ3v) is 5.79. The van der Waals surface area contributed by atoms with Gasteiger partial charge in [-0.3, -0.25) is 4.57 Å². The minimum atomic E-state index is -3.01. The third kappa shape index (κ3) is 11.6. The Bertz CT molecular complexity index is 360. The summed E-state index contributed by atoms with van der Waals surface area (Å²) in [5.74, 6) is 0. The molecule has 0 aliphatic rings. The first-order valence-electron chi connectivity index (χ1n) is 8.75. The van der Waals surface area contributed by atoms with E-state index in [1.54, 1.807) is 21.0 Å². The van der Waals surface area contributed by atoms with Gasteiger partial charge in [0, 0.05) is 13.7 Å². The molecule has 0 radical (unpaired) electrons. The fourth-order valence-corrected chi connectivity index (χ4v) is 3.38. The highest BCUT2D eigenvalue weighted by Gasteiger charge is 2.24. The SMILES string of the molecule is CCOP(=O)(CCOCCC(C)(C)OCCC(C)(C)OC)OCC. The Morgan fingerprint density at radius 1 is 0.833 bits per heavy atom. The molecule has 0 saturated carbocycles. The number of rotatable bonds is 15. The van der Waals surface area contributed by atoms with E-state index in [-0.39, 0.29) is 17.4 Å². The third-order valence-electron chi connectivity index (χ3n) is 3.76. The second kappa shape index (κ2) is 11.6. The zero-order valence-corrected chi connectivity index (χ0v) is 17.4. The normalized spacial score (nSPS) is 13.5. The molecule has 0 heterocycles. The topological polar surface area (TPSA) is 63.2 Å². The number of hydrogen-bond acceptors (Lipinski definition) is 6. The van der Waals surface area contributed by atoms with E-state index in [2.05, 4.69) is 0 Å². The van der Waals surface area contributed by atoms with E-state index in [4.69, 9.17) is 23.3 Å². The van der Waals surface area contributed by atoms with E-state index < -0.39 is 7.60 Å². The fourth-order valence-electron chi connectivity index (χ4n) is 1.90. The first kappa shape index (κ1) is 24.0. The molecule has 0 aromatic rings. The summed E-state index contributed by atoms with van der Waals surface area (Å²) in [5, 5.41) is 0. The van der Waals surface area contributed by atoms with E-state index >= 15 is 0 Å². The summed E-state index contributed by atoms with van der Waals surface area (Å²) in [6, 6.07) is 0. The molecule has 0 bridgehead atoms. The summed E-state index contributed by atoms with van der Waals surface area (Å²) in [4.78, 5) is 0. The van der Waals surface area contributed by atoms with Gasteiger partial charge in [0.15, 0.2) is 0 Å². The molecule has 0 aliphatic heterocycles. The van der Waals surface area contributed by atoms with Crippen LogP contribution in [0, 0.1) is 0 Å². The lowest BCUT2D eigenvalue weighted by Gasteiger charge is -2.29. The van der Waals surface area contributed by atoms with Crippen molar-refractivity contribution in [2.75, 3.05) is 46.3 Å². The number of hydrogen-bond donors (Lipinski definition) is 0. The van der Waals surface area contributed by atoms with Crippen LogP contribution in [0.15, 0.2) is 0 Å². The van der Waals surface area contributed by atoms with Crippen LogP contribution in [-0.2, 0) is 27.8 Å². The summed E-state index contributed by atoms with van der Waals surface area (Å²) in [6.07, 6.45) is 1.87. The lowest BCUT2D eigenvalue weighted by molar-refractivity contribution is -0.0693. The van der Waals surface area contributed by atoms with Gasteiger partial charge in [-0.1, -0.05) is 0 Å². The Hall–Kier alpha value is 0.0300. The van der Waals surface area contributed by atoms with Gasteiger partial charge < -0.3 is 23.3 Å². The zero-order chi connectivity index (χ0) is 18.7. The molecule has 0 aromatic carbocycles. The van der Waals surface area contributed by atoms with Crippen molar-refractivity contribution in [1.82, 2.24) is 0 Å². The maximum atomic E-state index is 12.3. The highest BCUT2D eigenvalue weighted by Crippen LogP contribution is 2.47. The van der Waals surface area contributed by atoms with Gasteiger partial charge in [0.25, 0.3) is 0 Å². The zero-order valence-electron chi connectivity index (χ0n) is 16.6. The number of methoxy groups -OCH3 is 1. The highest BCUT2D eigenvalue weighted by molar-refractivity contribution is 7.53. The number of ether oxygens (including phenoxy) is 3. The Balaban J connectivity index is 3.98. The van der Waals surface area contributed by atoms with Crippen LogP contribution in [0.5, 0.6) is 0 Å². The van der Waals surface area contributed by atoms with Crippen LogP contribution in [0.3, 0.4) is 0 Å². The van der Waals surface area contributed by atoms with E-state index in [0.29, 0.717) is 33.0 Å². The van der Waals surface area contributed by atoms with Gasteiger partial charge in [-0.2, -0.15) is 0 Å². The lowest BCUT2D eigenvalue weighted by atomic mass is 10.0. The van der Waals surface area contributed by atoms with Gasteiger partial charge in [-0.25, -0.2) is 0 Å². The van der Waals surface area contributed by atoms with Crippen LogP contribution in [0.25, 0.3) is 0 Å². The van der Waals surface area contributed by atoms with Gasteiger partial charge in [-0.15, -0.1) is 0 Å². The Morgan fingerprint density at radius 2 is 1.38 bits per heavy atom. The van der Waals surface area contributed by atoms with Crippen LogP contribution in [0.2, 0.25) is 0 Å². The summed E-state index contributed by atoms with van der Waals surface area (Å²) >= 11 is 0. The van der Waals surface area contributed by atoms with Crippen molar-refractivity contribution < 1.29 is 27.8 Å². The van der Waals surface area contributed by atoms with Crippen LogP contribution in [0.4, 0.5) is 0 Å². The summed E-state index contributed by atoms with van der Waals surface area (Å²) in [7, 11) is -1.30. The lowest BCUT2D eigenvalue weighted by Crippen LogP contribution is -2.31. The largest absolute Gasteiger partial charge is 0.381 e. The minimum absolute atomic E-state index is 0.174. The van der Waals surface area contributed by atoms with Crippen LogP contribution in [-0.4, -0.2) is 57.5 Å². The Kier molecular flexibility index (Phi) is 11.6. The molecule has 0 spiro atoms. The first-order chi connectivity index (χ1) is 11.1. The predicted octanol–water partition coefficient (Wildman–Crippen LogP) is 4.27. The average molecular weight is 368 g/mol. The standard InChI is InChI=1S/C17H37O6P/c1-8-22-24(18,23-9-2)15-14-20-12-10-17(5,6)21-13-11-16(3,4)19-7/h8-15H2,1-7H3. The highest BCUT2D eigenvalue weighted by atomic mass is 31.2. The maximum Gasteiger partial charge on any atom is 0.332 e. The monoisotopic (exact) mass is 368 g/mol. The molecule has 7 heteroatoms. The second-order valence-electron chi connectivity index (χ2n) is 6.85. The van der Waals surface area contributed by atoms with E-state index in [1.807, 2.05) is 27.7 Å². The maximum absolute atomic E-state index is 12.3. The molecule has 0 saturated heterocycles. The molecule has 0 unspecified atom stereocenters. The molecule has 0 rings (SSSR count). The van der Waals surface area contributed by atoms with Crippen molar-refractivity contribution >= 4 is 7.60 Å². The molecule has 0 fully saturated rings. The van der Waals surface area contributed by atoms with Crippen molar-refractivity contribution in [3.63, 3.8) is 0 Å². The van der Waals surface area contributed by atoms with Gasteiger partial charge in [0.2, 0.25) is 0 Å². The molecular formula is C17H37O6P. The molecule has 24 heavy (non-hydrogen) atoms. The van der Waals surface area contributed by atoms with Crippen molar-refractivity contribution in [2.45, 2.75) is 65.6 Å². The molecule has 0 atom stereocenters. The van der Waals surface area contributed by atoms with E-state index in [9.17, 15) is 4.57 Å². The van der Waals surface area contributed by atoms with E-state index in [0.717, 1.165) is 12.8 Å². The van der Waals surface area contributed by atoms with Gasteiger partial charge in [-0.05, 0) is 54.4 Å². The minimum Gasteiger partial charge on any atom is -0.381 e. The quantitative estimate of drug-likeness (QED) is 0.318. The van der Waals surface area contributed by atoms with Crippen LogP contribution < -0.4 is 0 Å². The van der Waals surface area contributed by atoms with Crippen molar-refractivity contribution in [1.29, 1.82) is 0 Å². The van der Waals surface area contributed by atoms with Gasteiger partial charge in [0.1, 0.15) is 0 Å². The van der Waals surface area contributed by atoms with Crippen molar-refractivity contribution in [3.05, 3.63) is 0 Å². The van der Waals surface area contributed by atoms with Crippen molar-refractivity contribution in [3.8, 4) is 0 Å². The fraction of sp³-hybridized carbons (Fsp3) is 1.00.